The normalized spacial score (nSPS) is 18.9. The van der Waals surface area contributed by atoms with Gasteiger partial charge in [0, 0.05) is 13.1 Å². The van der Waals surface area contributed by atoms with Crippen molar-refractivity contribution < 1.29 is 9.47 Å². The van der Waals surface area contributed by atoms with Gasteiger partial charge in [0.25, 0.3) is 0 Å². The predicted molar refractivity (Wildman–Crippen MR) is 88.7 cm³/mol. The van der Waals surface area contributed by atoms with Gasteiger partial charge in [0.15, 0.2) is 11.5 Å². The van der Waals surface area contributed by atoms with Crippen LogP contribution in [0.1, 0.15) is 18.4 Å². The number of nitrogens with one attached hydrogen (secondary N) is 1. The smallest absolute Gasteiger partial charge is 0.161 e. The number of ether oxygens (including phenoxy) is 2. The molecular weight excluding hydrogens is 288 g/mol. The number of hydrogen-bond donors (Lipinski definition) is 1. The third-order valence-electron chi connectivity index (χ3n) is 3.95. The van der Waals surface area contributed by atoms with Gasteiger partial charge in [-0.15, -0.1) is 12.4 Å². The standard InChI is InChI=1S/C16H26N2O2.ClH/c1-17-10-14-5-4-8-18(12-14)11-13-6-7-15(19-2)16(9-13)20-3;/h6-7,9,14,17H,4-5,8,10-12H2,1-3H3;1H. The summed E-state index contributed by atoms with van der Waals surface area (Å²) in [6, 6.07) is 6.20. The summed E-state index contributed by atoms with van der Waals surface area (Å²) < 4.78 is 10.7. The van der Waals surface area contributed by atoms with Gasteiger partial charge in [0.1, 0.15) is 0 Å². The number of methoxy groups -OCH3 is 2. The van der Waals surface area contributed by atoms with Crippen LogP contribution in [0.4, 0.5) is 0 Å². The van der Waals surface area contributed by atoms with Gasteiger partial charge < -0.3 is 14.8 Å². The largest absolute Gasteiger partial charge is 0.493 e. The van der Waals surface area contributed by atoms with Crippen LogP contribution in [0.25, 0.3) is 0 Å². The van der Waals surface area contributed by atoms with E-state index in [1.54, 1.807) is 14.2 Å². The van der Waals surface area contributed by atoms with Crippen molar-refractivity contribution in [1.82, 2.24) is 10.2 Å². The fourth-order valence-electron chi connectivity index (χ4n) is 2.99. The molecule has 0 amide bonds. The highest BCUT2D eigenvalue weighted by Crippen LogP contribution is 2.28. The number of hydrogen-bond acceptors (Lipinski definition) is 4. The Bertz CT molecular complexity index is 427. The van der Waals surface area contributed by atoms with E-state index < -0.39 is 0 Å². The van der Waals surface area contributed by atoms with Crippen LogP contribution in [0, 0.1) is 5.92 Å². The van der Waals surface area contributed by atoms with Gasteiger partial charge in [-0.3, -0.25) is 4.90 Å². The zero-order valence-electron chi connectivity index (χ0n) is 13.2. The molecule has 1 aliphatic rings. The molecule has 0 saturated carbocycles. The number of halogens is 1. The number of piperidine rings is 1. The molecule has 1 atom stereocenters. The zero-order valence-corrected chi connectivity index (χ0v) is 14.0. The van der Waals surface area contributed by atoms with E-state index in [2.05, 4.69) is 22.3 Å². The topological polar surface area (TPSA) is 33.7 Å². The van der Waals surface area contributed by atoms with Crippen molar-refractivity contribution in [3.63, 3.8) is 0 Å². The van der Waals surface area contributed by atoms with E-state index in [0.29, 0.717) is 0 Å². The first-order chi connectivity index (χ1) is 9.76. The Morgan fingerprint density at radius 2 is 2.00 bits per heavy atom. The van der Waals surface area contributed by atoms with Gasteiger partial charge in [-0.2, -0.15) is 0 Å². The van der Waals surface area contributed by atoms with Crippen LogP contribution in [-0.4, -0.2) is 45.8 Å². The maximum atomic E-state index is 5.37. The van der Waals surface area contributed by atoms with Crippen LogP contribution in [0.15, 0.2) is 18.2 Å². The Kier molecular flexibility index (Phi) is 7.86. The Hall–Kier alpha value is -0.970. The molecule has 0 spiro atoms. The van der Waals surface area contributed by atoms with Crippen LogP contribution in [0.5, 0.6) is 11.5 Å². The van der Waals surface area contributed by atoms with Crippen molar-refractivity contribution >= 4 is 12.4 Å². The van der Waals surface area contributed by atoms with E-state index >= 15 is 0 Å². The van der Waals surface area contributed by atoms with Gasteiger partial charge in [0.05, 0.1) is 14.2 Å². The fourth-order valence-corrected chi connectivity index (χ4v) is 2.99. The molecule has 0 radical (unpaired) electrons. The summed E-state index contributed by atoms with van der Waals surface area (Å²) in [4.78, 5) is 2.53. The molecule has 1 aromatic carbocycles. The molecule has 1 heterocycles. The van der Waals surface area contributed by atoms with Gasteiger partial charge in [0.2, 0.25) is 0 Å². The Labute approximate surface area is 134 Å². The number of benzene rings is 1. The third-order valence-corrected chi connectivity index (χ3v) is 3.95. The Morgan fingerprint density at radius 1 is 1.24 bits per heavy atom. The number of rotatable bonds is 6. The molecule has 120 valence electrons. The van der Waals surface area contributed by atoms with Crippen LogP contribution >= 0.6 is 12.4 Å². The quantitative estimate of drug-likeness (QED) is 0.875. The molecule has 1 aromatic rings. The molecule has 1 saturated heterocycles. The lowest BCUT2D eigenvalue weighted by Gasteiger charge is -2.32. The Morgan fingerprint density at radius 3 is 2.67 bits per heavy atom. The van der Waals surface area contributed by atoms with Crippen molar-refractivity contribution in [3.8, 4) is 11.5 Å². The minimum absolute atomic E-state index is 0. The summed E-state index contributed by atoms with van der Waals surface area (Å²) in [5.41, 5.74) is 1.28. The van der Waals surface area contributed by atoms with Crippen molar-refractivity contribution in [2.24, 2.45) is 5.92 Å². The first-order valence-corrected chi connectivity index (χ1v) is 7.34. The van der Waals surface area contributed by atoms with Crippen molar-refractivity contribution in [3.05, 3.63) is 23.8 Å². The van der Waals surface area contributed by atoms with E-state index in [4.69, 9.17) is 9.47 Å². The molecule has 1 fully saturated rings. The number of likely N-dealkylation sites (tertiary alicyclic amines) is 1. The lowest BCUT2D eigenvalue weighted by atomic mass is 9.97. The highest BCUT2D eigenvalue weighted by atomic mass is 35.5. The molecule has 0 aromatic heterocycles. The summed E-state index contributed by atoms with van der Waals surface area (Å²) in [7, 11) is 5.39. The molecule has 0 aliphatic carbocycles. The molecule has 4 nitrogen and oxygen atoms in total. The molecule has 0 bridgehead atoms. The van der Waals surface area contributed by atoms with Crippen LogP contribution in [-0.2, 0) is 6.54 Å². The molecule has 21 heavy (non-hydrogen) atoms. The predicted octanol–water partition coefficient (Wildman–Crippen LogP) is 2.56. The molecule has 1 N–H and O–H groups in total. The van der Waals surface area contributed by atoms with Crippen molar-refractivity contribution in [1.29, 1.82) is 0 Å². The first-order valence-electron chi connectivity index (χ1n) is 7.34. The summed E-state index contributed by atoms with van der Waals surface area (Å²) in [5, 5.41) is 3.29. The monoisotopic (exact) mass is 314 g/mol. The summed E-state index contributed by atoms with van der Waals surface area (Å²) >= 11 is 0. The number of nitrogens with zero attached hydrogens (tertiary/aromatic N) is 1. The van der Waals surface area contributed by atoms with Gasteiger partial charge >= 0.3 is 0 Å². The molecular formula is C16H27ClN2O2. The molecule has 5 heteroatoms. The summed E-state index contributed by atoms with van der Waals surface area (Å²) in [5.74, 6) is 2.38. The zero-order chi connectivity index (χ0) is 14.4. The molecule has 1 aliphatic heterocycles. The van der Waals surface area contributed by atoms with E-state index in [-0.39, 0.29) is 12.4 Å². The first kappa shape index (κ1) is 18.1. The SMILES string of the molecule is CNCC1CCCN(Cc2ccc(OC)c(OC)c2)C1.Cl. The second-order valence-corrected chi connectivity index (χ2v) is 5.49. The third kappa shape index (κ3) is 5.06. The van der Waals surface area contributed by atoms with Gasteiger partial charge in [-0.25, -0.2) is 0 Å². The highest BCUT2D eigenvalue weighted by Gasteiger charge is 2.19. The van der Waals surface area contributed by atoms with Crippen molar-refractivity contribution in [2.75, 3.05) is 40.9 Å². The van der Waals surface area contributed by atoms with Crippen molar-refractivity contribution in [2.45, 2.75) is 19.4 Å². The Balaban J connectivity index is 0.00000220. The summed E-state index contributed by atoms with van der Waals surface area (Å²) in [6.07, 6.45) is 2.63. The van der Waals surface area contributed by atoms with Crippen LogP contribution in [0.2, 0.25) is 0 Å². The molecule has 2 rings (SSSR count). The lowest BCUT2D eigenvalue weighted by Crippen LogP contribution is -2.38. The van der Waals surface area contributed by atoms with E-state index in [1.165, 1.54) is 31.5 Å². The maximum absolute atomic E-state index is 5.37. The average Bonchev–Trinajstić information content (AvgIpc) is 2.48. The lowest BCUT2D eigenvalue weighted by molar-refractivity contribution is 0.166. The van der Waals surface area contributed by atoms with E-state index in [0.717, 1.165) is 30.5 Å². The second-order valence-electron chi connectivity index (χ2n) is 5.49. The van der Waals surface area contributed by atoms with Gasteiger partial charge in [-0.05, 0) is 56.6 Å². The average molecular weight is 315 g/mol. The van der Waals surface area contributed by atoms with Crippen LogP contribution in [0.3, 0.4) is 0 Å². The van der Waals surface area contributed by atoms with Gasteiger partial charge in [-0.1, -0.05) is 6.07 Å². The minimum Gasteiger partial charge on any atom is -0.493 e. The van der Waals surface area contributed by atoms with Crippen LogP contribution < -0.4 is 14.8 Å². The minimum atomic E-state index is 0. The van der Waals surface area contributed by atoms with E-state index in [9.17, 15) is 0 Å². The van der Waals surface area contributed by atoms with E-state index in [1.807, 2.05) is 13.1 Å². The fraction of sp³-hybridized carbons (Fsp3) is 0.625. The summed E-state index contributed by atoms with van der Waals surface area (Å²) in [6.45, 7) is 4.47. The highest BCUT2D eigenvalue weighted by molar-refractivity contribution is 5.85. The maximum Gasteiger partial charge on any atom is 0.161 e. The second kappa shape index (κ2) is 9.13. The molecule has 1 unspecified atom stereocenters.